The molecule has 1 aliphatic carbocycles. The van der Waals surface area contributed by atoms with Crippen molar-refractivity contribution in [2.24, 2.45) is 0 Å². The lowest BCUT2D eigenvalue weighted by Gasteiger charge is -2.34. The molecule has 0 unspecified atom stereocenters. The third-order valence-electron chi connectivity index (χ3n) is 2.10. The Morgan fingerprint density at radius 1 is 1.43 bits per heavy atom. The Labute approximate surface area is 79.9 Å². The molecule has 5 heteroatoms. The van der Waals surface area contributed by atoms with Crippen LogP contribution in [0.1, 0.15) is 12.8 Å². The lowest BCUT2D eigenvalue weighted by Crippen LogP contribution is -2.43. The summed E-state index contributed by atoms with van der Waals surface area (Å²) in [5.74, 6) is -2.21. The number of anilines is 1. The number of ether oxygens (including phenoxy) is 1. The molecule has 14 heavy (non-hydrogen) atoms. The molecule has 1 fully saturated rings. The highest BCUT2D eigenvalue weighted by atomic mass is 19.3. The van der Waals surface area contributed by atoms with E-state index in [-0.39, 0.29) is 12.8 Å². The highest BCUT2D eigenvalue weighted by Crippen LogP contribution is 2.39. The Hall–Kier alpha value is -1.39. The minimum Gasteiger partial charge on any atom is -0.474 e. The fourth-order valence-corrected chi connectivity index (χ4v) is 1.32. The Bertz CT molecular complexity index is 318. The zero-order valence-corrected chi connectivity index (χ0v) is 7.41. The number of hydrogen-bond acceptors (Lipinski definition) is 3. The first-order valence-corrected chi connectivity index (χ1v) is 4.31. The molecule has 1 aromatic heterocycles. The number of nitrogen functional groups attached to an aromatic ring is 1. The van der Waals surface area contributed by atoms with E-state index in [1.165, 1.54) is 6.20 Å². The van der Waals surface area contributed by atoms with Gasteiger partial charge in [-0.1, -0.05) is 0 Å². The average Bonchev–Trinajstić information content (AvgIpc) is 2.06. The molecule has 0 spiro atoms. The number of aromatic nitrogens is 1. The topological polar surface area (TPSA) is 48.1 Å². The minimum absolute atomic E-state index is 0.223. The van der Waals surface area contributed by atoms with Gasteiger partial charge in [0.05, 0.1) is 11.9 Å². The molecule has 0 bridgehead atoms. The van der Waals surface area contributed by atoms with E-state index in [2.05, 4.69) is 4.98 Å². The van der Waals surface area contributed by atoms with Crippen molar-refractivity contribution in [2.75, 3.05) is 5.73 Å². The predicted octanol–water partition coefficient (Wildman–Crippen LogP) is 1.84. The van der Waals surface area contributed by atoms with Gasteiger partial charge in [-0.15, -0.1) is 0 Å². The quantitative estimate of drug-likeness (QED) is 0.792. The van der Waals surface area contributed by atoms with Crippen molar-refractivity contribution in [3.05, 3.63) is 18.3 Å². The van der Waals surface area contributed by atoms with Crippen LogP contribution in [0.2, 0.25) is 0 Å². The van der Waals surface area contributed by atoms with Gasteiger partial charge in [-0.05, 0) is 6.07 Å². The number of pyridine rings is 1. The molecule has 0 atom stereocenters. The monoisotopic (exact) mass is 200 g/mol. The van der Waals surface area contributed by atoms with E-state index in [1.807, 2.05) is 0 Å². The molecule has 2 N–H and O–H groups in total. The van der Waals surface area contributed by atoms with E-state index >= 15 is 0 Å². The van der Waals surface area contributed by atoms with Gasteiger partial charge < -0.3 is 10.5 Å². The first kappa shape index (κ1) is 9.18. The molecule has 0 saturated heterocycles. The van der Waals surface area contributed by atoms with Crippen molar-refractivity contribution < 1.29 is 13.5 Å². The van der Waals surface area contributed by atoms with Crippen molar-refractivity contribution >= 4 is 5.69 Å². The maximum Gasteiger partial charge on any atom is 0.255 e. The van der Waals surface area contributed by atoms with Crippen LogP contribution in [0.3, 0.4) is 0 Å². The summed E-state index contributed by atoms with van der Waals surface area (Å²) in [4.78, 5) is 3.86. The molecular formula is C9H10F2N2O. The number of rotatable bonds is 2. The normalized spacial score (nSPS) is 20.1. The van der Waals surface area contributed by atoms with E-state index < -0.39 is 12.0 Å². The van der Waals surface area contributed by atoms with E-state index in [0.29, 0.717) is 11.6 Å². The van der Waals surface area contributed by atoms with Crippen molar-refractivity contribution in [3.8, 4) is 5.88 Å². The number of hydrogen-bond donors (Lipinski definition) is 1. The Kier molecular flexibility index (Phi) is 2.02. The van der Waals surface area contributed by atoms with Gasteiger partial charge in [0.25, 0.3) is 5.92 Å². The predicted molar refractivity (Wildman–Crippen MR) is 47.2 cm³/mol. The van der Waals surface area contributed by atoms with Crippen LogP contribution in [-0.2, 0) is 0 Å². The van der Waals surface area contributed by atoms with E-state index in [4.69, 9.17) is 10.5 Å². The second-order valence-corrected chi connectivity index (χ2v) is 3.43. The van der Waals surface area contributed by atoms with E-state index in [9.17, 15) is 8.78 Å². The van der Waals surface area contributed by atoms with Gasteiger partial charge >= 0.3 is 0 Å². The van der Waals surface area contributed by atoms with Crippen molar-refractivity contribution in [2.45, 2.75) is 24.9 Å². The maximum atomic E-state index is 12.4. The number of nitrogens with zero attached hydrogens (tertiary/aromatic N) is 1. The van der Waals surface area contributed by atoms with Gasteiger partial charge in [-0.25, -0.2) is 13.8 Å². The standard InChI is InChI=1S/C9H10F2N2O/c10-9(11)3-7(4-9)14-8-2-1-6(12)5-13-8/h1-2,5,7H,3-4,12H2. The lowest BCUT2D eigenvalue weighted by atomic mass is 9.91. The Morgan fingerprint density at radius 3 is 2.64 bits per heavy atom. The zero-order valence-electron chi connectivity index (χ0n) is 7.41. The second kappa shape index (κ2) is 3.08. The van der Waals surface area contributed by atoms with Crippen LogP contribution >= 0.6 is 0 Å². The van der Waals surface area contributed by atoms with Gasteiger partial charge in [-0.2, -0.15) is 0 Å². The van der Waals surface area contributed by atoms with Gasteiger partial charge in [-0.3, -0.25) is 0 Å². The molecular weight excluding hydrogens is 190 g/mol. The van der Waals surface area contributed by atoms with Crippen molar-refractivity contribution in [1.82, 2.24) is 4.98 Å². The molecule has 0 aromatic carbocycles. The van der Waals surface area contributed by atoms with Gasteiger partial charge in [0, 0.05) is 18.9 Å². The number of alkyl halides is 2. The summed E-state index contributed by atoms with van der Waals surface area (Å²) in [6, 6.07) is 3.20. The summed E-state index contributed by atoms with van der Waals surface area (Å²) in [5.41, 5.74) is 5.93. The van der Waals surface area contributed by atoms with Crippen LogP contribution in [0.25, 0.3) is 0 Å². The summed E-state index contributed by atoms with van der Waals surface area (Å²) >= 11 is 0. The molecule has 1 aromatic rings. The van der Waals surface area contributed by atoms with E-state index in [0.717, 1.165) is 0 Å². The highest BCUT2D eigenvalue weighted by molar-refractivity contribution is 5.36. The molecule has 76 valence electrons. The molecule has 0 aliphatic heterocycles. The summed E-state index contributed by atoms with van der Waals surface area (Å²) in [6.45, 7) is 0. The summed E-state index contributed by atoms with van der Waals surface area (Å²) in [7, 11) is 0. The highest BCUT2D eigenvalue weighted by Gasteiger charge is 2.47. The third-order valence-corrected chi connectivity index (χ3v) is 2.10. The first-order chi connectivity index (χ1) is 6.55. The third kappa shape index (κ3) is 1.92. The van der Waals surface area contributed by atoms with E-state index in [1.54, 1.807) is 12.1 Å². The van der Waals surface area contributed by atoms with Crippen LogP contribution in [0.4, 0.5) is 14.5 Å². The number of halogens is 2. The van der Waals surface area contributed by atoms with Crippen LogP contribution in [-0.4, -0.2) is 17.0 Å². The molecule has 1 saturated carbocycles. The Balaban J connectivity index is 1.90. The molecule has 0 radical (unpaired) electrons. The summed E-state index contributed by atoms with van der Waals surface area (Å²) < 4.78 is 30.1. The number of nitrogens with two attached hydrogens (primary N) is 1. The summed E-state index contributed by atoms with van der Waals surface area (Å²) in [5, 5.41) is 0. The first-order valence-electron chi connectivity index (χ1n) is 4.31. The van der Waals surface area contributed by atoms with Gasteiger partial charge in [0.1, 0.15) is 6.10 Å². The fourth-order valence-electron chi connectivity index (χ4n) is 1.32. The minimum atomic E-state index is -2.56. The van der Waals surface area contributed by atoms with Crippen LogP contribution in [0.5, 0.6) is 5.88 Å². The average molecular weight is 200 g/mol. The molecule has 2 rings (SSSR count). The molecule has 3 nitrogen and oxygen atoms in total. The second-order valence-electron chi connectivity index (χ2n) is 3.43. The lowest BCUT2D eigenvalue weighted by molar-refractivity contribution is -0.135. The van der Waals surface area contributed by atoms with Crippen LogP contribution in [0.15, 0.2) is 18.3 Å². The van der Waals surface area contributed by atoms with Crippen LogP contribution in [0, 0.1) is 0 Å². The zero-order chi connectivity index (χ0) is 10.2. The fraction of sp³-hybridized carbons (Fsp3) is 0.444. The molecule has 1 heterocycles. The largest absolute Gasteiger partial charge is 0.474 e. The Morgan fingerprint density at radius 2 is 2.14 bits per heavy atom. The summed E-state index contributed by atoms with van der Waals surface area (Å²) in [6.07, 6.45) is 0.575. The van der Waals surface area contributed by atoms with Gasteiger partial charge in [0.2, 0.25) is 5.88 Å². The smallest absolute Gasteiger partial charge is 0.255 e. The maximum absolute atomic E-state index is 12.4. The van der Waals surface area contributed by atoms with Gasteiger partial charge in [0.15, 0.2) is 0 Å². The SMILES string of the molecule is Nc1ccc(OC2CC(F)(F)C2)nc1. The van der Waals surface area contributed by atoms with Crippen LogP contribution < -0.4 is 10.5 Å². The van der Waals surface area contributed by atoms with Crippen molar-refractivity contribution in [1.29, 1.82) is 0 Å². The molecule has 1 aliphatic rings. The molecule has 0 amide bonds. The van der Waals surface area contributed by atoms with Crippen molar-refractivity contribution in [3.63, 3.8) is 0 Å².